The predicted molar refractivity (Wildman–Crippen MR) is 178 cm³/mol. The molecule has 0 rings (SSSR count). The molecule has 0 aromatic heterocycles. The third-order valence-corrected chi connectivity index (χ3v) is 16.7. The van der Waals surface area contributed by atoms with Gasteiger partial charge >= 0.3 is 0 Å². The molecule has 0 aromatic carbocycles. The molecule has 0 heterocycles. The summed E-state index contributed by atoms with van der Waals surface area (Å²) in [7, 11) is -3.68. The lowest BCUT2D eigenvalue weighted by atomic mass is 10.2. The highest BCUT2D eigenvalue weighted by molar-refractivity contribution is 6.74. The Hall–Kier alpha value is -1.21. The van der Waals surface area contributed by atoms with Crippen molar-refractivity contribution in [3.8, 4) is 0 Å². The Morgan fingerprint density at radius 2 is 1.00 bits per heavy atom. The van der Waals surface area contributed by atoms with E-state index in [1.165, 1.54) is 6.42 Å². The van der Waals surface area contributed by atoms with Gasteiger partial charge in [-0.05, 0) is 68.4 Å². The van der Waals surface area contributed by atoms with E-state index in [1.54, 1.807) is 0 Å². The molecule has 0 saturated heterocycles. The zero-order valence-electron chi connectivity index (χ0n) is 27.1. The van der Waals surface area contributed by atoms with Gasteiger partial charge in [-0.25, -0.2) is 0 Å². The molecule has 0 N–H and O–H groups in total. The average Bonchev–Trinajstić information content (AvgIpc) is 2.78. The van der Waals surface area contributed by atoms with Crippen molar-refractivity contribution < 1.29 is 8.85 Å². The van der Waals surface area contributed by atoms with Gasteiger partial charge in [0.05, 0.1) is 12.2 Å². The Kier molecular flexibility index (Phi) is 17.6. The Balaban J connectivity index is 5.39. The maximum atomic E-state index is 6.74. The van der Waals surface area contributed by atoms with Crippen molar-refractivity contribution in [1.29, 1.82) is 0 Å². The molecule has 0 aliphatic carbocycles. The lowest BCUT2D eigenvalue weighted by Gasteiger charge is -2.38. The van der Waals surface area contributed by atoms with Gasteiger partial charge in [0.25, 0.3) is 0 Å². The summed E-state index contributed by atoms with van der Waals surface area (Å²) in [4.78, 5) is 0. The lowest BCUT2D eigenvalue weighted by Crippen LogP contribution is -2.43. The van der Waals surface area contributed by atoms with E-state index in [-0.39, 0.29) is 22.3 Å². The minimum atomic E-state index is -1.86. The van der Waals surface area contributed by atoms with Crippen molar-refractivity contribution >= 4 is 16.6 Å². The highest BCUT2D eigenvalue weighted by Crippen LogP contribution is 2.38. The molecule has 2 nitrogen and oxygen atoms in total. The third-order valence-electron chi connectivity index (χ3n) is 7.69. The van der Waals surface area contributed by atoms with Gasteiger partial charge < -0.3 is 8.85 Å². The largest absolute Gasteiger partial charge is 0.410 e. The van der Waals surface area contributed by atoms with E-state index in [1.807, 2.05) is 0 Å². The quantitative estimate of drug-likeness (QED) is 0.100. The molecule has 0 radical (unpaired) electrons. The summed E-state index contributed by atoms with van der Waals surface area (Å²) >= 11 is 0. The molecule has 0 aromatic rings. The van der Waals surface area contributed by atoms with E-state index in [4.69, 9.17) is 8.85 Å². The summed E-state index contributed by atoms with van der Waals surface area (Å²) in [6, 6.07) is 0. The van der Waals surface area contributed by atoms with Crippen molar-refractivity contribution in [2.75, 3.05) is 0 Å². The molecule has 0 spiro atoms. The van der Waals surface area contributed by atoms with Gasteiger partial charge in [0.1, 0.15) is 0 Å². The maximum Gasteiger partial charge on any atom is 0.192 e. The van der Waals surface area contributed by atoms with Gasteiger partial charge in [-0.15, -0.1) is 0 Å². The first-order valence-electron chi connectivity index (χ1n) is 14.9. The van der Waals surface area contributed by atoms with Crippen LogP contribution < -0.4 is 0 Å². The third kappa shape index (κ3) is 16.0. The second-order valence-electron chi connectivity index (χ2n) is 13.3. The fourth-order valence-electron chi connectivity index (χ4n) is 3.13. The molecule has 0 aliphatic heterocycles. The molecule has 0 bridgehead atoms. The summed E-state index contributed by atoms with van der Waals surface area (Å²) in [6.07, 6.45) is 32.9. The van der Waals surface area contributed by atoms with Crippen LogP contribution in [0.5, 0.6) is 0 Å². The SMILES string of the molecule is CC/C=C\C[C@@H](/C=C/C=C/C=C/[C@H](C/C=C\C/C=C\CCC)O[Si](C)(C)C(C)(C)C)O[Si](C)(C)C(C)(C)C. The van der Waals surface area contributed by atoms with Crippen LogP contribution in [-0.4, -0.2) is 28.8 Å². The van der Waals surface area contributed by atoms with Crippen LogP contribution in [0.4, 0.5) is 0 Å². The number of hydrogen-bond donors (Lipinski definition) is 0. The molecule has 0 fully saturated rings. The van der Waals surface area contributed by atoms with Gasteiger partial charge in [-0.3, -0.25) is 0 Å². The Labute approximate surface area is 240 Å². The van der Waals surface area contributed by atoms with E-state index in [0.717, 1.165) is 32.1 Å². The average molecular weight is 559 g/mol. The highest BCUT2D eigenvalue weighted by atomic mass is 28.4. The second-order valence-corrected chi connectivity index (χ2v) is 22.8. The number of rotatable bonds is 17. The summed E-state index contributed by atoms with van der Waals surface area (Å²) in [5, 5.41) is 0.390. The van der Waals surface area contributed by atoms with E-state index in [2.05, 4.69) is 154 Å². The number of hydrogen-bond acceptors (Lipinski definition) is 2. The van der Waals surface area contributed by atoms with Gasteiger partial charge in [0.2, 0.25) is 0 Å². The van der Waals surface area contributed by atoms with Crippen LogP contribution in [0.3, 0.4) is 0 Å². The Bertz CT molecular complexity index is 799. The van der Waals surface area contributed by atoms with E-state index < -0.39 is 16.6 Å². The molecule has 0 aliphatic rings. The van der Waals surface area contributed by atoms with Crippen molar-refractivity contribution in [1.82, 2.24) is 0 Å². The molecule has 218 valence electrons. The molecule has 0 saturated carbocycles. The normalized spacial score (nSPS) is 16.4. The van der Waals surface area contributed by atoms with Gasteiger partial charge in [-0.1, -0.05) is 135 Å². The van der Waals surface area contributed by atoms with Crippen molar-refractivity contribution in [2.45, 2.75) is 142 Å². The molecular formula is C34H62O2Si2. The number of allylic oxidation sites excluding steroid dienone is 8. The van der Waals surface area contributed by atoms with Crippen LogP contribution in [0, 0.1) is 0 Å². The van der Waals surface area contributed by atoms with E-state index >= 15 is 0 Å². The summed E-state index contributed by atoms with van der Waals surface area (Å²) in [5.74, 6) is 0. The van der Waals surface area contributed by atoms with Gasteiger partial charge in [0, 0.05) is 0 Å². The van der Waals surface area contributed by atoms with Crippen molar-refractivity contribution in [3.05, 3.63) is 72.9 Å². The van der Waals surface area contributed by atoms with Gasteiger partial charge in [-0.2, -0.15) is 0 Å². The van der Waals surface area contributed by atoms with Crippen molar-refractivity contribution in [2.24, 2.45) is 0 Å². The molecule has 38 heavy (non-hydrogen) atoms. The number of unbranched alkanes of at least 4 members (excludes halogenated alkanes) is 1. The Morgan fingerprint density at radius 1 is 0.579 bits per heavy atom. The molecule has 4 heteroatoms. The first-order valence-corrected chi connectivity index (χ1v) is 20.7. The van der Waals surface area contributed by atoms with E-state index in [9.17, 15) is 0 Å². The van der Waals surface area contributed by atoms with Crippen LogP contribution in [-0.2, 0) is 8.85 Å². The van der Waals surface area contributed by atoms with Crippen LogP contribution >= 0.6 is 0 Å². The molecular weight excluding hydrogens is 497 g/mol. The summed E-state index contributed by atoms with van der Waals surface area (Å²) in [6.45, 7) is 27.5. The monoisotopic (exact) mass is 558 g/mol. The zero-order valence-corrected chi connectivity index (χ0v) is 29.1. The van der Waals surface area contributed by atoms with Crippen LogP contribution in [0.1, 0.15) is 93.9 Å². The topological polar surface area (TPSA) is 18.5 Å². The van der Waals surface area contributed by atoms with Crippen LogP contribution in [0.25, 0.3) is 0 Å². The predicted octanol–water partition coefficient (Wildman–Crippen LogP) is 11.5. The fraction of sp³-hybridized carbons (Fsp3) is 0.647. The molecule has 0 unspecified atom stereocenters. The zero-order chi connectivity index (χ0) is 29.3. The fourth-order valence-corrected chi connectivity index (χ4v) is 5.70. The molecule has 0 amide bonds. The molecule has 2 atom stereocenters. The minimum Gasteiger partial charge on any atom is -0.410 e. The van der Waals surface area contributed by atoms with E-state index in [0.29, 0.717) is 0 Å². The first-order chi connectivity index (χ1) is 17.6. The minimum absolute atomic E-state index is 0.0919. The second kappa shape index (κ2) is 18.2. The first kappa shape index (κ1) is 36.8. The van der Waals surface area contributed by atoms with Crippen LogP contribution in [0.15, 0.2) is 72.9 Å². The van der Waals surface area contributed by atoms with Gasteiger partial charge in [0.15, 0.2) is 16.6 Å². The smallest absolute Gasteiger partial charge is 0.192 e. The van der Waals surface area contributed by atoms with Crippen molar-refractivity contribution in [3.63, 3.8) is 0 Å². The summed E-state index contributed by atoms with van der Waals surface area (Å²) in [5.41, 5.74) is 0. The summed E-state index contributed by atoms with van der Waals surface area (Å²) < 4.78 is 13.4. The highest BCUT2D eigenvalue weighted by Gasteiger charge is 2.39. The van der Waals surface area contributed by atoms with Crippen LogP contribution in [0.2, 0.25) is 36.3 Å². The standard InChI is InChI=1S/C34H62O2Si2/c1-13-15-17-18-19-20-24-28-32(36-38(11,12)34(6,7)8)30-26-22-21-25-29-31(27-23-16-14-2)35-37(9,10)33(3,4)5/h16-18,20-26,29-32H,13-15,19,27-28H2,1-12H3/b18-17-,22-21+,23-16-,24-20-,29-25+,30-26+/t31-,32-/m0/s1. The Morgan fingerprint density at radius 3 is 1.39 bits per heavy atom. The lowest BCUT2D eigenvalue weighted by molar-refractivity contribution is 0.227. The maximum absolute atomic E-state index is 6.74.